The lowest BCUT2D eigenvalue weighted by Gasteiger charge is -2.08. The van der Waals surface area contributed by atoms with Crippen molar-refractivity contribution in [1.29, 1.82) is 0 Å². The van der Waals surface area contributed by atoms with Crippen LogP contribution in [0, 0.1) is 0 Å². The molecule has 4 N–H and O–H groups in total. The van der Waals surface area contributed by atoms with Gasteiger partial charge in [0.25, 0.3) is 0 Å². The lowest BCUT2D eigenvalue weighted by molar-refractivity contribution is 0.282. The number of aromatic amines is 1. The van der Waals surface area contributed by atoms with Gasteiger partial charge in [-0.05, 0) is 48.5 Å². The van der Waals surface area contributed by atoms with E-state index >= 15 is 0 Å². The largest absolute Gasteiger partial charge is 0.392 e. The summed E-state index contributed by atoms with van der Waals surface area (Å²) < 4.78 is 26.4. The van der Waals surface area contributed by atoms with Crippen molar-refractivity contribution < 1.29 is 13.5 Å². The summed E-state index contributed by atoms with van der Waals surface area (Å²) in [5.41, 5.74) is 3.80. The Morgan fingerprint density at radius 1 is 1.07 bits per heavy atom. The first kappa shape index (κ1) is 19.1. The number of aromatic nitrogens is 3. The van der Waals surface area contributed by atoms with Gasteiger partial charge in [-0.3, -0.25) is 0 Å². The van der Waals surface area contributed by atoms with Crippen LogP contribution in [0.25, 0.3) is 22.3 Å². The van der Waals surface area contributed by atoms with E-state index in [2.05, 4.69) is 25.0 Å². The van der Waals surface area contributed by atoms with Gasteiger partial charge in [-0.1, -0.05) is 24.3 Å². The maximum atomic E-state index is 12.0. The first-order valence-corrected chi connectivity index (χ1v) is 10.3. The van der Waals surface area contributed by atoms with E-state index in [4.69, 9.17) is 0 Å². The summed E-state index contributed by atoms with van der Waals surface area (Å²) in [6, 6.07) is 16.0. The van der Waals surface area contributed by atoms with Crippen LogP contribution in [0.5, 0.6) is 0 Å². The molecule has 0 aliphatic carbocycles. The second-order valence-electron chi connectivity index (χ2n) is 6.39. The number of anilines is 2. The summed E-state index contributed by atoms with van der Waals surface area (Å²) in [4.78, 5) is 12.0. The molecular formula is C20H19N5O3S. The summed E-state index contributed by atoms with van der Waals surface area (Å²) in [7, 11) is -2.17. The highest BCUT2D eigenvalue weighted by atomic mass is 32.2. The molecule has 0 spiro atoms. The minimum atomic E-state index is -3.54. The predicted octanol–water partition coefficient (Wildman–Crippen LogP) is 2.77. The molecule has 0 unspecified atom stereocenters. The number of hydrogen-bond donors (Lipinski definition) is 4. The van der Waals surface area contributed by atoms with Crippen molar-refractivity contribution in [2.75, 3.05) is 12.4 Å². The number of H-pyrrole nitrogens is 1. The number of aliphatic hydroxyl groups is 1. The lowest BCUT2D eigenvalue weighted by Crippen LogP contribution is -2.18. The van der Waals surface area contributed by atoms with E-state index < -0.39 is 10.0 Å². The molecule has 9 heteroatoms. The number of aliphatic hydroxyl groups excluding tert-OH is 1. The van der Waals surface area contributed by atoms with Gasteiger partial charge >= 0.3 is 0 Å². The van der Waals surface area contributed by atoms with Crippen molar-refractivity contribution in [3.63, 3.8) is 0 Å². The minimum absolute atomic E-state index is 0.0352. The Labute approximate surface area is 167 Å². The molecule has 0 radical (unpaired) electrons. The highest BCUT2D eigenvalue weighted by Crippen LogP contribution is 2.29. The van der Waals surface area contributed by atoms with Crippen LogP contribution in [0.15, 0.2) is 65.8 Å². The average Bonchev–Trinajstić information content (AvgIpc) is 3.19. The Balaban J connectivity index is 1.72. The molecule has 0 saturated carbocycles. The predicted molar refractivity (Wildman–Crippen MR) is 111 cm³/mol. The van der Waals surface area contributed by atoms with Crippen LogP contribution in [-0.2, 0) is 16.6 Å². The molecule has 2 aromatic carbocycles. The molecule has 4 rings (SSSR count). The number of nitrogens with zero attached hydrogens (tertiary/aromatic N) is 2. The van der Waals surface area contributed by atoms with Crippen molar-refractivity contribution in [3.05, 3.63) is 66.5 Å². The summed E-state index contributed by atoms with van der Waals surface area (Å²) >= 11 is 0. The molecule has 0 bridgehead atoms. The van der Waals surface area contributed by atoms with Crippen molar-refractivity contribution in [3.8, 4) is 11.3 Å². The van der Waals surface area contributed by atoms with Crippen molar-refractivity contribution in [2.24, 2.45) is 0 Å². The first-order chi connectivity index (χ1) is 14.0. The van der Waals surface area contributed by atoms with Crippen LogP contribution in [0.3, 0.4) is 0 Å². The monoisotopic (exact) mass is 409 g/mol. The van der Waals surface area contributed by atoms with E-state index in [1.165, 1.54) is 25.5 Å². The van der Waals surface area contributed by atoms with E-state index in [1.54, 1.807) is 12.1 Å². The van der Waals surface area contributed by atoms with Crippen molar-refractivity contribution >= 4 is 32.6 Å². The molecule has 2 heterocycles. The quantitative estimate of drug-likeness (QED) is 0.389. The third-order valence-electron chi connectivity index (χ3n) is 4.52. The van der Waals surface area contributed by atoms with Crippen molar-refractivity contribution in [2.45, 2.75) is 11.5 Å². The highest BCUT2D eigenvalue weighted by Gasteiger charge is 2.13. The number of benzene rings is 2. The Morgan fingerprint density at radius 3 is 2.69 bits per heavy atom. The lowest BCUT2D eigenvalue weighted by atomic mass is 10.1. The smallest absolute Gasteiger partial charge is 0.240 e. The van der Waals surface area contributed by atoms with Gasteiger partial charge in [0.05, 0.1) is 16.9 Å². The fraction of sp³-hybridized carbons (Fsp3) is 0.100. The zero-order valence-corrected chi connectivity index (χ0v) is 16.4. The van der Waals surface area contributed by atoms with E-state index in [-0.39, 0.29) is 11.5 Å². The zero-order chi connectivity index (χ0) is 20.4. The first-order valence-electron chi connectivity index (χ1n) is 8.85. The van der Waals surface area contributed by atoms with Gasteiger partial charge in [0.1, 0.15) is 17.8 Å². The van der Waals surface area contributed by atoms with Gasteiger partial charge in [-0.15, -0.1) is 0 Å². The number of sulfonamides is 1. The third-order valence-corrected chi connectivity index (χ3v) is 5.93. The summed E-state index contributed by atoms with van der Waals surface area (Å²) in [6.45, 7) is -0.0352. The summed E-state index contributed by atoms with van der Waals surface area (Å²) in [5.74, 6) is 0.551. The van der Waals surface area contributed by atoms with Gasteiger partial charge in [-0.25, -0.2) is 23.1 Å². The molecule has 8 nitrogen and oxygen atoms in total. The highest BCUT2D eigenvalue weighted by molar-refractivity contribution is 7.89. The molecule has 0 aliphatic heterocycles. The number of rotatable bonds is 6. The maximum absolute atomic E-state index is 12.0. The van der Waals surface area contributed by atoms with Crippen LogP contribution in [-0.4, -0.2) is 35.5 Å². The second kappa shape index (κ2) is 7.63. The normalized spacial score (nSPS) is 11.7. The summed E-state index contributed by atoms with van der Waals surface area (Å²) in [6.07, 6.45) is 1.43. The number of hydrogen-bond acceptors (Lipinski definition) is 6. The molecule has 29 heavy (non-hydrogen) atoms. The zero-order valence-electron chi connectivity index (χ0n) is 15.5. The average molecular weight is 409 g/mol. The number of nitrogens with one attached hydrogen (secondary N) is 3. The molecule has 0 amide bonds. The van der Waals surface area contributed by atoms with E-state index in [0.29, 0.717) is 17.2 Å². The third kappa shape index (κ3) is 3.83. The Hall–Kier alpha value is -3.27. The van der Waals surface area contributed by atoms with Crippen LogP contribution >= 0.6 is 0 Å². The van der Waals surface area contributed by atoms with Gasteiger partial charge in [0, 0.05) is 11.4 Å². The van der Waals surface area contributed by atoms with Gasteiger partial charge < -0.3 is 15.4 Å². The molecule has 2 aromatic heterocycles. The van der Waals surface area contributed by atoms with E-state index in [0.717, 1.165) is 22.2 Å². The van der Waals surface area contributed by atoms with Gasteiger partial charge in [0.2, 0.25) is 10.0 Å². The molecule has 4 aromatic rings. The van der Waals surface area contributed by atoms with Gasteiger partial charge in [-0.2, -0.15) is 0 Å². The Morgan fingerprint density at radius 2 is 1.90 bits per heavy atom. The SMILES string of the molecule is CNS(=O)(=O)c1cccc(Nc2ncnc3[nH]c(-c4cccc(CO)c4)cc23)c1. The van der Waals surface area contributed by atoms with Gasteiger partial charge in [0.15, 0.2) is 0 Å². The Kier molecular flexibility index (Phi) is 5.01. The molecule has 148 valence electrons. The fourth-order valence-corrected chi connectivity index (χ4v) is 3.80. The topological polar surface area (TPSA) is 120 Å². The summed E-state index contributed by atoms with van der Waals surface area (Å²) in [5, 5.41) is 13.3. The minimum Gasteiger partial charge on any atom is -0.392 e. The fourth-order valence-electron chi connectivity index (χ4n) is 3.03. The number of fused-ring (bicyclic) bond motifs is 1. The van der Waals surface area contributed by atoms with Crippen LogP contribution in [0.2, 0.25) is 0 Å². The molecular weight excluding hydrogens is 390 g/mol. The van der Waals surface area contributed by atoms with E-state index in [1.807, 2.05) is 30.3 Å². The van der Waals surface area contributed by atoms with Crippen molar-refractivity contribution in [1.82, 2.24) is 19.7 Å². The standard InChI is InChI=1S/C20H19N5O3S/c1-21-29(27,28)16-7-3-6-15(9-16)24-19-17-10-18(25-20(17)23-12-22-19)14-5-2-4-13(8-14)11-26/h2-10,12,21,26H,11H2,1H3,(H2,22,23,24,25). The van der Waals surface area contributed by atoms with E-state index in [9.17, 15) is 13.5 Å². The van der Waals surface area contributed by atoms with Crippen LogP contribution in [0.4, 0.5) is 11.5 Å². The Bertz CT molecular complexity index is 1280. The molecule has 0 atom stereocenters. The molecule has 0 aliphatic rings. The molecule has 0 saturated heterocycles. The maximum Gasteiger partial charge on any atom is 0.240 e. The second-order valence-corrected chi connectivity index (χ2v) is 8.27. The van der Waals surface area contributed by atoms with Crippen LogP contribution in [0.1, 0.15) is 5.56 Å². The molecule has 0 fully saturated rings. The van der Waals surface area contributed by atoms with Crippen LogP contribution < -0.4 is 10.0 Å².